The number of quaternary nitrogens is 1. The fourth-order valence-electron chi connectivity index (χ4n) is 8.08. The summed E-state index contributed by atoms with van der Waals surface area (Å²) in [6.07, 6.45) is 76.1. The molecule has 0 aromatic rings. The summed E-state index contributed by atoms with van der Waals surface area (Å²) < 4.78 is 22.9. The molecule has 0 aliphatic rings. The highest BCUT2D eigenvalue weighted by atomic mass is 16.7. The van der Waals surface area contributed by atoms with Crippen molar-refractivity contribution in [3.8, 4) is 0 Å². The third-order valence-corrected chi connectivity index (χ3v) is 12.8. The molecule has 9 nitrogen and oxygen atoms in total. The van der Waals surface area contributed by atoms with Gasteiger partial charge >= 0.3 is 17.9 Å². The Morgan fingerprint density at radius 3 is 1.13 bits per heavy atom. The maximum atomic E-state index is 12.9. The minimum absolute atomic E-state index is 0.182. The van der Waals surface area contributed by atoms with Gasteiger partial charge in [0.25, 0.3) is 6.29 Å². The van der Waals surface area contributed by atoms with Crippen molar-refractivity contribution in [1.29, 1.82) is 0 Å². The van der Waals surface area contributed by atoms with E-state index in [0.29, 0.717) is 17.4 Å². The number of nitrogens with zero attached hydrogens (tertiary/aromatic N) is 1. The van der Waals surface area contributed by atoms with E-state index in [1.54, 1.807) is 0 Å². The Bertz CT molecular complexity index is 1610. The number of carboxylic acids is 1. The fraction of sp³-hybridized carbons (Fsp3) is 0.687. The molecule has 0 heterocycles. The lowest BCUT2D eigenvalue weighted by molar-refractivity contribution is -0.870. The lowest BCUT2D eigenvalue weighted by atomic mass is 10.0. The molecule has 0 spiro atoms. The predicted molar refractivity (Wildman–Crippen MR) is 322 cm³/mol. The van der Waals surface area contributed by atoms with Gasteiger partial charge in [0.05, 0.1) is 34.4 Å². The third kappa shape index (κ3) is 57.7. The highest BCUT2D eigenvalue weighted by Crippen LogP contribution is 2.15. The molecule has 0 rings (SSSR count). The molecule has 0 aliphatic carbocycles. The lowest BCUT2D eigenvalue weighted by Crippen LogP contribution is -2.40. The van der Waals surface area contributed by atoms with Crippen molar-refractivity contribution in [2.45, 2.75) is 251 Å². The number of carbonyl (C=O) groups excluding carboxylic acids is 2. The average molecular weight is 1060 g/mol. The normalized spacial score (nSPS) is 13.5. The van der Waals surface area contributed by atoms with Crippen LogP contribution in [0.25, 0.3) is 0 Å². The lowest BCUT2D eigenvalue weighted by Gasteiger charge is -2.25. The number of esters is 2. The summed E-state index contributed by atoms with van der Waals surface area (Å²) in [4.78, 5) is 37.4. The first-order valence-electron chi connectivity index (χ1n) is 30.6. The van der Waals surface area contributed by atoms with Gasteiger partial charge in [-0.25, -0.2) is 4.79 Å². The number of likely N-dealkylation sites (N-methyl/N-ethyl adjacent to an activating group) is 1. The number of carboxylic acid groups (broad SMARTS) is 1. The van der Waals surface area contributed by atoms with Crippen LogP contribution in [0.4, 0.5) is 0 Å². The second kappa shape index (κ2) is 57.1. The van der Waals surface area contributed by atoms with Crippen LogP contribution in [-0.4, -0.2) is 87.4 Å². The van der Waals surface area contributed by atoms with E-state index in [4.69, 9.17) is 18.9 Å². The Balaban J connectivity index is 4.14. The zero-order valence-corrected chi connectivity index (χ0v) is 49.4. The van der Waals surface area contributed by atoms with Crippen molar-refractivity contribution >= 4 is 17.9 Å². The molecule has 9 heteroatoms. The predicted octanol–water partition coefficient (Wildman–Crippen LogP) is 18.3. The first-order valence-corrected chi connectivity index (χ1v) is 30.6. The number of hydrogen-bond donors (Lipinski definition) is 1. The number of allylic oxidation sites excluding steroid dienone is 18. The van der Waals surface area contributed by atoms with Crippen molar-refractivity contribution < 1.29 is 42.9 Å². The van der Waals surface area contributed by atoms with Crippen LogP contribution in [0.1, 0.15) is 239 Å². The molecule has 2 unspecified atom stereocenters. The highest BCUT2D eigenvalue weighted by Gasteiger charge is 2.25. The van der Waals surface area contributed by atoms with E-state index in [0.717, 1.165) is 109 Å². The van der Waals surface area contributed by atoms with Crippen molar-refractivity contribution in [2.75, 3.05) is 47.5 Å². The average Bonchev–Trinajstić information content (AvgIpc) is 3.39. The van der Waals surface area contributed by atoms with Gasteiger partial charge in [-0.05, 0) is 103 Å². The molecule has 2 atom stereocenters. The summed E-state index contributed by atoms with van der Waals surface area (Å²) in [5.41, 5.74) is 0. The Morgan fingerprint density at radius 2 is 0.750 bits per heavy atom. The number of aliphatic carboxylic acids is 1. The summed E-state index contributed by atoms with van der Waals surface area (Å²) in [7, 11) is 5.96. The van der Waals surface area contributed by atoms with Crippen molar-refractivity contribution in [1.82, 2.24) is 0 Å². The molecule has 76 heavy (non-hydrogen) atoms. The summed E-state index contributed by atoms with van der Waals surface area (Å²) >= 11 is 0. The first-order chi connectivity index (χ1) is 37.1. The van der Waals surface area contributed by atoms with Crippen LogP contribution in [0, 0.1) is 0 Å². The van der Waals surface area contributed by atoms with Gasteiger partial charge in [0.2, 0.25) is 0 Å². The highest BCUT2D eigenvalue weighted by molar-refractivity contribution is 5.71. The Kier molecular flexibility index (Phi) is 54.1. The zero-order chi connectivity index (χ0) is 55.5. The number of ether oxygens (including phenoxy) is 4. The molecular weight excluding hydrogens is 947 g/mol. The van der Waals surface area contributed by atoms with E-state index in [1.165, 1.54) is 96.3 Å². The fourth-order valence-corrected chi connectivity index (χ4v) is 8.08. The number of rotatable bonds is 55. The number of carbonyl (C=O) groups is 3. The third-order valence-electron chi connectivity index (χ3n) is 12.8. The van der Waals surface area contributed by atoms with E-state index in [9.17, 15) is 19.5 Å². The SMILES string of the molecule is CC/C=C\C/C=C\C/C=C\C/C=C\C/C=C\C/C=C\C/C=C\C/C=C\CCCCCCCCCCCCCCC(=O)OC(COC(=O)CCCCCCC/C=C\CCCCCCC)COC(OCC[N+](C)(C)C)C(=O)O. The van der Waals surface area contributed by atoms with Gasteiger partial charge in [-0.2, -0.15) is 0 Å². The maximum Gasteiger partial charge on any atom is 0.361 e. The summed E-state index contributed by atoms with van der Waals surface area (Å²) in [5, 5.41) is 9.70. The first kappa shape index (κ1) is 72.0. The topological polar surface area (TPSA) is 108 Å². The number of hydrogen-bond acceptors (Lipinski definition) is 7. The van der Waals surface area contributed by atoms with E-state index in [2.05, 4.69) is 123 Å². The summed E-state index contributed by atoms with van der Waals surface area (Å²) in [6, 6.07) is 0. The molecule has 1 N–H and O–H groups in total. The zero-order valence-electron chi connectivity index (χ0n) is 49.4. The van der Waals surface area contributed by atoms with Gasteiger partial charge in [0, 0.05) is 12.8 Å². The molecule has 0 saturated heterocycles. The quantitative estimate of drug-likeness (QED) is 0.0211. The van der Waals surface area contributed by atoms with Crippen LogP contribution >= 0.6 is 0 Å². The maximum absolute atomic E-state index is 12.9. The second-order valence-electron chi connectivity index (χ2n) is 21.3. The van der Waals surface area contributed by atoms with Gasteiger partial charge in [0.15, 0.2) is 6.10 Å². The van der Waals surface area contributed by atoms with Gasteiger partial charge in [-0.15, -0.1) is 0 Å². The van der Waals surface area contributed by atoms with E-state index in [1.807, 2.05) is 21.1 Å². The summed E-state index contributed by atoms with van der Waals surface area (Å²) in [6.45, 7) is 4.74. The molecule has 0 aliphatic heterocycles. The van der Waals surface area contributed by atoms with Gasteiger partial charge in [-0.3, -0.25) is 9.59 Å². The molecule has 0 aromatic heterocycles. The van der Waals surface area contributed by atoms with Crippen LogP contribution in [0.15, 0.2) is 109 Å². The molecule has 0 radical (unpaired) electrons. The van der Waals surface area contributed by atoms with Crippen molar-refractivity contribution in [3.05, 3.63) is 109 Å². The largest absolute Gasteiger partial charge is 0.477 e. The monoisotopic (exact) mass is 1060 g/mol. The molecular formula is C67H114NO8+. The van der Waals surface area contributed by atoms with Crippen LogP contribution in [0.2, 0.25) is 0 Å². The Hall–Kier alpha value is -4.05. The van der Waals surface area contributed by atoms with E-state index in [-0.39, 0.29) is 38.6 Å². The molecule has 0 fully saturated rings. The van der Waals surface area contributed by atoms with Crippen LogP contribution in [0.3, 0.4) is 0 Å². The van der Waals surface area contributed by atoms with Gasteiger partial charge in [0.1, 0.15) is 13.2 Å². The second-order valence-corrected chi connectivity index (χ2v) is 21.3. The molecule has 0 amide bonds. The van der Waals surface area contributed by atoms with Crippen LogP contribution < -0.4 is 0 Å². The van der Waals surface area contributed by atoms with Crippen molar-refractivity contribution in [3.63, 3.8) is 0 Å². The Labute approximate surface area is 466 Å². The van der Waals surface area contributed by atoms with Crippen LogP contribution in [-0.2, 0) is 33.3 Å². The standard InChI is InChI=1S/C67H113NO8/c1-6-8-10-12-14-16-18-20-22-23-24-25-26-27-28-29-30-31-32-33-34-35-36-37-38-39-40-41-42-43-44-46-48-50-52-54-56-58-65(70)76-63(62-75-67(66(71)72)73-60-59-68(3,4)5)61-74-64(69)57-55-53-51-49-47-45-21-19-17-15-13-11-9-7-2/h8,10,14,16,19-22,24-25,27-28,30-31,33-34,36-37,63,67H,6-7,9,11-13,15,17-18,23,26,29,32,35,38-62H2,1-5H3/p+1/b10-8-,16-14-,21-19-,22-20-,25-24-,28-27-,31-30-,34-33-,37-36-. The molecule has 0 bridgehead atoms. The van der Waals surface area contributed by atoms with E-state index < -0.39 is 24.3 Å². The molecule has 0 aromatic carbocycles. The van der Waals surface area contributed by atoms with E-state index >= 15 is 0 Å². The van der Waals surface area contributed by atoms with Gasteiger partial charge in [-0.1, -0.05) is 232 Å². The number of unbranched alkanes of at least 4 members (excludes halogenated alkanes) is 22. The Morgan fingerprint density at radius 1 is 0.408 bits per heavy atom. The van der Waals surface area contributed by atoms with Crippen LogP contribution in [0.5, 0.6) is 0 Å². The smallest absolute Gasteiger partial charge is 0.361 e. The molecule has 0 saturated carbocycles. The summed E-state index contributed by atoms with van der Waals surface area (Å²) in [5.74, 6) is -2.02. The minimum atomic E-state index is -1.52. The van der Waals surface area contributed by atoms with Crippen molar-refractivity contribution in [2.24, 2.45) is 0 Å². The minimum Gasteiger partial charge on any atom is -0.477 e. The molecule has 434 valence electrons. The van der Waals surface area contributed by atoms with Gasteiger partial charge < -0.3 is 28.5 Å².